The van der Waals surface area contributed by atoms with E-state index < -0.39 is 6.61 Å². The van der Waals surface area contributed by atoms with E-state index >= 15 is 0 Å². The number of nitrogens with one attached hydrogen (secondary N) is 1. The summed E-state index contributed by atoms with van der Waals surface area (Å²) in [5, 5.41) is 3.16. The highest BCUT2D eigenvalue weighted by Crippen LogP contribution is 2.59. The normalized spacial score (nSPS) is 31.2. The molecule has 0 aromatic heterocycles. The molecule has 0 saturated heterocycles. The zero-order valence-corrected chi connectivity index (χ0v) is 15.8. The molecule has 4 bridgehead atoms. The van der Waals surface area contributed by atoms with Crippen LogP contribution in [0.3, 0.4) is 0 Å². The second-order valence-corrected chi connectivity index (χ2v) is 8.95. The van der Waals surface area contributed by atoms with Gasteiger partial charge in [-0.15, -0.1) is 0 Å². The van der Waals surface area contributed by atoms with Crippen molar-refractivity contribution < 1.29 is 18.3 Å². The van der Waals surface area contributed by atoms with Crippen LogP contribution < -0.4 is 10.1 Å². The van der Waals surface area contributed by atoms with Gasteiger partial charge in [-0.25, -0.2) is 4.79 Å². The minimum absolute atomic E-state index is 0.0707. The molecule has 0 unspecified atom stereocenters. The van der Waals surface area contributed by atoms with Gasteiger partial charge in [0.05, 0.1) is 0 Å². The van der Waals surface area contributed by atoms with Crippen LogP contribution in [-0.2, 0) is 6.54 Å². The van der Waals surface area contributed by atoms with Gasteiger partial charge in [0.1, 0.15) is 5.75 Å². The Bertz CT molecular complexity index is 642. The van der Waals surface area contributed by atoms with Gasteiger partial charge in [-0.05, 0) is 79.4 Å². The average molecular weight is 378 g/mol. The molecule has 4 aliphatic rings. The van der Waals surface area contributed by atoms with E-state index in [9.17, 15) is 13.6 Å². The molecular formula is C21H28F2N2O2. The summed E-state index contributed by atoms with van der Waals surface area (Å²) in [5.74, 6) is 2.75. The molecule has 6 heteroatoms. The topological polar surface area (TPSA) is 41.6 Å². The van der Waals surface area contributed by atoms with Crippen LogP contribution in [0.5, 0.6) is 5.75 Å². The van der Waals surface area contributed by atoms with Gasteiger partial charge in [-0.2, -0.15) is 8.78 Å². The molecule has 0 atom stereocenters. The Morgan fingerprint density at radius 2 is 1.70 bits per heavy atom. The van der Waals surface area contributed by atoms with Crippen LogP contribution in [0.2, 0.25) is 0 Å². The first-order chi connectivity index (χ1) is 12.9. The Hall–Kier alpha value is -1.85. The molecule has 4 aliphatic carbocycles. The fourth-order valence-corrected chi connectivity index (χ4v) is 6.03. The molecule has 0 heterocycles. The lowest BCUT2D eigenvalue weighted by molar-refractivity contribution is -0.0503. The maximum absolute atomic E-state index is 12.5. The van der Waals surface area contributed by atoms with Crippen LogP contribution in [0.25, 0.3) is 0 Å². The van der Waals surface area contributed by atoms with Gasteiger partial charge in [-0.1, -0.05) is 12.1 Å². The Kier molecular flexibility index (Phi) is 4.99. The highest BCUT2D eigenvalue weighted by atomic mass is 19.3. The van der Waals surface area contributed by atoms with Crippen molar-refractivity contribution >= 4 is 6.03 Å². The number of ether oxygens (including phenoxy) is 1. The number of alkyl halides is 2. The van der Waals surface area contributed by atoms with E-state index in [2.05, 4.69) is 10.1 Å². The van der Waals surface area contributed by atoms with Crippen LogP contribution in [0.1, 0.15) is 44.1 Å². The first kappa shape index (κ1) is 18.5. The smallest absolute Gasteiger partial charge is 0.387 e. The molecule has 0 aliphatic heterocycles. The van der Waals surface area contributed by atoms with E-state index in [4.69, 9.17) is 0 Å². The van der Waals surface area contributed by atoms with E-state index in [1.165, 1.54) is 50.7 Å². The molecular weight excluding hydrogens is 350 g/mol. The maximum Gasteiger partial charge on any atom is 0.387 e. The second-order valence-electron chi connectivity index (χ2n) is 8.95. The molecule has 1 aromatic rings. The van der Waals surface area contributed by atoms with Crippen LogP contribution in [0, 0.1) is 23.2 Å². The second kappa shape index (κ2) is 7.28. The van der Waals surface area contributed by atoms with Crippen molar-refractivity contribution in [2.45, 2.75) is 51.7 Å². The van der Waals surface area contributed by atoms with Gasteiger partial charge in [0.15, 0.2) is 0 Å². The third kappa shape index (κ3) is 4.19. The molecule has 1 N–H and O–H groups in total. The zero-order valence-electron chi connectivity index (χ0n) is 15.8. The van der Waals surface area contributed by atoms with Gasteiger partial charge in [0.25, 0.3) is 0 Å². The van der Waals surface area contributed by atoms with Crippen molar-refractivity contribution in [3.63, 3.8) is 0 Å². The Labute approximate surface area is 159 Å². The lowest BCUT2D eigenvalue weighted by atomic mass is 9.49. The first-order valence-electron chi connectivity index (χ1n) is 9.93. The Morgan fingerprint density at radius 1 is 1.15 bits per heavy atom. The Balaban J connectivity index is 1.28. The number of carbonyl (C=O) groups is 1. The average Bonchev–Trinajstić information content (AvgIpc) is 2.60. The van der Waals surface area contributed by atoms with Crippen molar-refractivity contribution in [2.24, 2.45) is 23.2 Å². The van der Waals surface area contributed by atoms with Crippen LogP contribution in [0.4, 0.5) is 13.6 Å². The van der Waals surface area contributed by atoms with E-state index in [0.717, 1.165) is 29.9 Å². The fraction of sp³-hybridized carbons (Fsp3) is 0.667. The predicted molar refractivity (Wildman–Crippen MR) is 98.5 cm³/mol. The zero-order chi connectivity index (χ0) is 19.0. The van der Waals surface area contributed by atoms with Gasteiger partial charge in [0.2, 0.25) is 0 Å². The molecule has 27 heavy (non-hydrogen) atoms. The van der Waals surface area contributed by atoms with Crippen LogP contribution >= 0.6 is 0 Å². The van der Waals surface area contributed by atoms with Gasteiger partial charge < -0.3 is 15.0 Å². The number of benzene rings is 1. The minimum atomic E-state index is -2.83. The van der Waals surface area contributed by atoms with Gasteiger partial charge in [0, 0.05) is 20.1 Å². The van der Waals surface area contributed by atoms with E-state index in [0.29, 0.717) is 12.0 Å². The van der Waals surface area contributed by atoms with Crippen molar-refractivity contribution in [1.82, 2.24) is 10.2 Å². The first-order valence-corrected chi connectivity index (χ1v) is 9.93. The monoisotopic (exact) mass is 378 g/mol. The number of hydrogen-bond acceptors (Lipinski definition) is 2. The Morgan fingerprint density at radius 3 is 2.22 bits per heavy atom. The SMILES string of the molecule is CN(Cc1ccc(OC(F)F)cc1)C(=O)NCC12CC3CC(CC(C3)C1)C2. The molecule has 4 fully saturated rings. The van der Waals surface area contributed by atoms with Crippen LogP contribution in [0.15, 0.2) is 24.3 Å². The lowest BCUT2D eigenvalue weighted by Gasteiger charge is -2.57. The number of nitrogens with zero attached hydrogens (tertiary/aromatic N) is 1. The quantitative estimate of drug-likeness (QED) is 0.783. The number of rotatable bonds is 6. The lowest BCUT2D eigenvalue weighted by Crippen LogP contribution is -2.52. The molecule has 0 radical (unpaired) electrons. The third-order valence-corrected chi connectivity index (χ3v) is 6.69. The summed E-state index contributed by atoms with van der Waals surface area (Å²) in [4.78, 5) is 14.2. The predicted octanol–water partition coefficient (Wildman–Crippen LogP) is 4.65. The van der Waals surface area contributed by atoms with Crippen LogP contribution in [-0.4, -0.2) is 31.1 Å². The number of carbonyl (C=O) groups excluding carboxylic acids is 1. The highest BCUT2D eigenvalue weighted by Gasteiger charge is 2.50. The summed E-state index contributed by atoms with van der Waals surface area (Å²) in [6.07, 6.45) is 8.02. The molecule has 5 rings (SSSR count). The number of halogens is 2. The van der Waals surface area contributed by atoms with E-state index in [1.807, 2.05) is 0 Å². The van der Waals surface area contributed by atoms with Crippen molar-refractivity contribution in [3.8, 4) is 5.75 Å². The standard InChI is InChI=1S/C21H28F2N2O2/c1-25(12-14-2-4-18(5-3-14)27-19(22)23)20(26)24-13-21-9-15-6-16(10-21)8-17(7-15)11-21/h2-5,15-17,19H,6-13H2,1H3,(H,24,26). The maximum atomic E-state index is 12.5. The summed E-state index contributed by atoms with van der Waals surface area (Å²) in [6, 6.07) is 6.35. The minimum Gasteiger partial charge on any atom is -0.435 e. The van der Waals surface area contributed by atoms with Gasteiger partial charge >= 0.3 is 12.6 Å². The number of urea groups is 1. The van der Waals surface area contributed by atoms with E-state index in [1.54, 1.807) is 24.1 Å². The number of amides is 2. The molecule has 4 nitrogen and oxygen atoms in total. The largest absolute Gasteiger partial charge is 0.435 e. The molecule has 148 valence electrons. The summed E-state index contributed by atoms with van der Waals surface area (Å²) in [5.41, 5.74) is 1.20. The molecule has 4 saturated carbocycles. The highest BCUT2D eigenvalue weighted by molar-refractivity contribution is 5.73. The number of hydrogen-bond donors (Lipinski definition) is 1. The van der Waals surface area contributed by atoms with Gasteiger partial charge in [-0.3, -0.25) is 0 Å². The summed E-state index contributed by atoms with van der Waals surface area (Å²) >= 11 is 0. The van der Waals surface area contributed by atoms with Crippen molar-refractivity contribution in [2.75, 3.05) is 13.6 Å². The van der Waals surface area contributed by atoms with E-state index in [-0.39, 0.29) is 11.8 Å². The molecule has 0 spiro atoms. The van der Waals surface area contributed by atoms with Crippen molar-refractivity contribution in [3.05, 3.63) is 29.8 Å². The van der Waals surface area contributed by atoms with Crippen molar-refractivity contribution in [1.29, 1.82) is 0 Å². The summed E-state index contributed by atoms with van der Waals surface area (Å²) in [7, 11) is 1.76. The molecule has 1 aromatic carbocycles. The third-order valence-electron chi connectivity index (χ3n) is 6.69. The molecule has 2 amide bonds. The summed E-state index contributed by atoms with van der Waals surface area (Å²) < 4.78 is 28.8. The fourth-order valence-electron chi connectivity index (χ4n) is 6.03. The summed E-state index contributed by atoms with van der Waals surface area (Å²) in [6.45, 7) is -1.61.